The van der Waals surface area contributed by atoms with E-state index >= 15 is 0 Å². The molecule has 4 rings (SSSR count). The summed E-state index contributed by atoms with van der Waals surface area (Å²) < 4.78 is 45.1. The van der Waals surface area contributed by atoms with Crippen LogP contribution in [-0.2, 0) is 11.0 Å². The Morgan fingerprint density at radius 3 is 2.73 bits per heavy atom. The predicted octanol–water partition coefficient (Wildman–Crippen LogP) is 5.93. The molecule has 212 valence electrons. The van der Waals surface area contributed by atoms with Gasteiger partial charge in [0.25, 0.3) is 0 Å². The number of likely N-dealkylation sites (tertiary alicyclic amines) is 1. The summed E-state index contributed by atoms with van der Waals surface area (Å²) in [6.45, 7) is 1.62. The number of halogens is 3. The lowest BCUT2D eigenvalue weighted by molar-refractivity contribution is -0.138. The highest BCUT2D eigenvalue weighted by Gasteiger charge is 2.33. The average Bonchev–Trinajstić information content (AvgIpc) is 2.94. The summed E-state index contributed by atoms with van der Waals surface area (Å²) in [4.78, 5) is 17.8. The first kappa shape index (κ1) is 29.4. The molecule has 1 saturated heterocycles. The molecule has 0 aliphatic carbocycles. The molecule has 0 bridgehead atoms. The fourth-order valence-corrected chi connectivity index (χ4v) is 5.49. The molecule has 1 aromatic heterocycles. The summed E-state index contributed by atoms with van der Waals surface area (Å²) in [6, 6.07) is 12.6. The lowest BCUT2D eigenvalue weighted by Gasteiger charge is -2.38. The SMILES string of the molecule is COc1ccc2nccc(C(O)CC[C@@H]3CCN(CC#Cc4ccccc4C(F)(F)F)C[C@@H]3CCC(=O)O)c2c1. The number of pyridine rings is 1. The second-order valence-corrected chi connectivity index (χ2v) is 10.2. The highest BCUT2D eigenvalue weighted by atomic mass is 19.4. The van der Waals surface area contributed by atoms with Crippen LogP contribution in [0.25, 0.3) is 10.9 Å². The van der Waals surface area contributed by atoms with Gasteiger partial charge in [0.1, 0.15) is 5.75 Å². The Bertz CT molecular complexity index is 1380. The second-order valence-electron chi connectivity index (χ2n) is 10.2. The maximum absolute atomic E-state index is 13.3. The van der Waals surface area contributed by atoms with Crippen molar-refractivity contribution in [1.82, 2.24) is 9.88 Å². The van der Waals surface area contributed by atoms with Crippen molar-refractivity contribution in [2.45, 2.75) is 44.4 Å². The number of carboxylic acids is 1. The van der Waals surface area contributed by atoms with Crippen LogP contribution >= 0.6 is 0 Å². The van der Waals surface area contributed by atoms with E-state index < -0.39 is 23.8 Å². The fourth-order valence-electron chi connectivity index (χ4n) is 5.49. The first-order valence-corrected chi connectivity index (χ1v) is 13.4. The molecule has 9 heteroatoms. The predicted molar refractivity (Wildman–Crippen MR) is 146 cm³/mol. The largest absolute Gasteiger partial charge is 0.497 e. The van der Waals surface area contributed by atoms with E-state index in [1.54, 1.807) is 13.3 Å². The number of ether oxygens (including phenoxy) is 1. The zero-order chi connectivity index (χ0) is 28.7. The average molecular weight is 555 g/mol. The molecule has 3 aromatic rings. The minimum Gasteiger partial charge on any atom is -0.497 e. The van der Waals surface area contributed by atoms with Crippen molar-refractivity contribution in [3.8, 4) is 17.6 Å². The molecule has 1 fully saturated rings. The minimum absolute atomic E-state index is 0.0387. The number of piperidine rings is 1. The standard InChI is InChI=1S/C31H33F3N2O4/c1-40-24-10-11-28-26(19-24)25(14-16-35-28)29(37)12-8-21-15-18-36(20-23(21)9-13-30(38)39)17-4-6-22-5-2-3-7-27(22)31(32,33)34/h2-3,5,7,10-11,14,16,19,21,23,29,37H,8-9,12-13,15,17-18,20H2,1H3,(H,38,39)/t21-,23+,29?/m1/s1. The molecule has 1 aliphatic heterocycles. The Morgan fingerprint density at radius 1 is 1.18 bits per heavy atom. The summed E-state index contributed by atoms with van der Waals surface area (Å²) in [5.41, 5.74) is 0.740. The number of nitrogens with zero attached hydrogens (tertiary/aromatic N) is 2. The first-order chi connectivity index (χ1) is 19.2. The van der Waals surface area contributed by atoms with Crippen LogP contribution in [0.15, 0.2) is 54.7 Å². The molecule has 2 N–H and O–H groups in total. The van der Waals surface area contributed by atoms with E-state index in [0.29, 0.717) is 38.2 Å². The third-order valence-electron chi connectivity index (χ3n) is 7.62. The molecule has 0 spiro atoms. The van der Waals surface area contributed by atoms with Crippen LogP contribution in [0.1, 0.15) is 54.9 Å². The highest BCUT2D eigenvalue weighted by molar-refractivity contribution is 5.83. The molecule has 1 aliphatic rings. The number of carboxylic acid groups (broad SMARTS) is 1. The topological polar surface area (TPSA) is 82.9 Å². The zero-order valence-corrected chi connectivity index (χ0v) is 22.3. The number of methoxy groups -OCH3 is 1. The number of aliphatic hydroxyl groups is 1. The maximum Gasteiger partial charge on any atom is 0.417 e. The van der Waals surface area contributed by atoms with Gasteiger partial charge in [-0.2, -0.15) is 13.2 Å². The monoisotopic (exact) mass is 554 g/mol. The number of hydrogen-bond acceptors (Lipinski definition) is 5. The van der Waals surface area contributed by atoms with Crippen LogP contribution < -0.4 is 4.74 Å². The molecule has 40 heavy (non-hydrogen) atoms. The first-order valence-electron chi connectivity index (χ1n) is 13.4. The van der Waals surface area contributed by atoms with Gasteiger partial charge in [0.15, 0.2) is 0 Å². The van der Waals surface area contributed by atoms with Crippen molar-refractivity contribution in [3.05, 3.63) is 71.4 Å². The Labute approximate surface area is 231 Å². The number of aromatic nitrogens is 1. The minimum atomic E-state index is -4.47. The van der Waals surface area contributed by atoms with E-state index in [9.17, 15) is 28.2 Å². The van der Waals surface area contributed by atoms with Gasteiger partial charge in [-0.15, -0.1) is 0 Å². The van der Waals surface area contributed by atoms with E-state index in [-0.39, 0.29) is 23.8 Å². The number of hydrogen-bond donors (Lipinski definition) is 2. The van der Waals surface area contributed by atoms with Gasteiger partial charge >= 0.3 is 12.1 Å². The van der Waals surface area contributed by atoms with Crippen molar-refractivity contribution in [1.29, 1.82) is 0 Å². The van der Waals surface area contributed by atoms with E-state index in [2.05, 4.69) is 21.7 Å². The second kappa shape index (κ2) is 13.2. The van der Waals surface area contributed by atoms with Gasteiger partial charge in [-0.3, -0.25) is 14.7 Å². The smallest absolute Gasteiger partial charge is 0.417 e. The van der Waals surface area contributed by atoms with Crippen molar-refractivity contribution in [3.63, 3.8) is 0 Å². The fraction of sp³-hybridized carbons (Fsp3) is 0.419. The van der Waals surface area contributed by atoms with Crippen LogP contribution in [0.5, 0.6) is 5.75 Å². The summed E-state index contributed by atoms with van der Waals surface area (Å²) in [7, 11) is 1.59. The maximum atomic E-state index is 13.3. The van der Waals surface area contributed by atoms with Gasteiger partial charge < -0.3 is 14.9 Å². The molecular formula is C31H33F3N2O4. The van der Waals surface area contributed by atoms with E-state index in [0.717, 1.165) is 35.4 Å². The van der Waals surface area contributed by atoms with Crippen LogP contribution in [0.3, 0.4) is 0 Å². The number of aliphatic carboxylic acids is 1. The van der Waals surface area contributed by atoms with E-state index in [4.69, 9.17) is 4.74 Å². The summed E-state index contributed by atoms with van der Waals surface area (Å²) in [5.74, 6) is 5.67. The van der Waals surface area contributed by atoms with Crippen molar-refractivity contribution < 1.29 is 32.9 Å². The molecule has 3 atom stereocenters. The lowest BCUT2D eigenvalue weighted by atomic mass is 9.79. The van der Waals surface area contributed by atoms with Crippen molar-refractivity contribution in [2.24, 2.45) is 11.8 Å². The third kappa shape index (κ3) is 7.52. The number of fused-ring (bicyclic) bond motifs is 1. The highest BCUT2D eigenvalue weighted by Crippen LogP contribution is 2.35. The molecule has 2 aromatic carbocycles. The Kier molecular flexibility index (Phi) is 9.67. The van der Waals surface area contributed by atoms with Gasteiger partial charge in [-0.25, -0.2) is 0 Å². The van der Waals surface area contributed by atoms with Gasteiger partial charge in [-0.05, 0) is 86.0 Å². The number of alkyl halides is 3. The summed E-state index contributed by atoms with van der Waals surface area (Å²) >= 11 is 0. The van der Waals surface area contributed by atoms with E-state index in [1.165, 1.54) is 18.2 Å². The zero-order valence-electron chi connectivity index (χ0n) is 22.3. The van der Waals surface area contributed by atoms with Crippen molar-refractivity contribution in [2.75, 3.05) is 26.7 Å². The number of benzene rings is 2. The molecular weight excluding hydrogens is 521 g/mol. The quantitative estimate of drug-likeness (QED) is 0.319. The van der Waals surface area contributed by atoms with E-state index in [1.807, 2.05) is 24.3 Å². The van der Waals surface area contributed by atoms with Crippen LogP contribution in [0.2, 0.25) is 0 Å². The summed E-state index contributed by atoms with van der Waals surface area (Å²) in [6.07, 6.45) is -0.946. The molecule has 0 saturated carbocycles. The van der Waals surface area contributed by atoms with Crippen LogP contribution in [0, 0.1) is 23.7 Å². The molecule has 2 heterocycles. The van der Waals surface area contributed by atoms with Crippen LogP contribution in [0.4, 0.5) is 13.2 Å². The Hall–Kier alpha value is -3.61. The lowest BCUT2D eigenvalue weighted by Crippen LogP contribution is -2.41. The normalized spacial score (nSPS) is 18.6. The number of carbonyl (C=O) groups is 1. The number of aliphatic hydroxyl groups excluding tert-OH is 1. The van der Waals surface area contributed by atoms with Crippen molar-refractivity contribution >= 4 is 16.9 Å². The van der Waals surface area contributed by atoms with Crippen LogP contribution in [-0.4, -0.2) is 52.8 Å². The third-order valence-corrected chi connectivity index (χ3v) is 7.62. The molecule has 0 amide bonds. The Balaban J connectivity index is 1.41. The van der Waals surface area contributed by atoms with Gasteiger partial charge in [0, 0.05) is 30.1 Å². The van der Waals surface area contributed by atoms with Gasteiger partial charge in [0.05, 0.1) is 30.8 Å². The van der Waals surface area contributed by atoms with Gasteiger partial charge in [0.2, 0.25) is 0 Å². The molecule has 0 radical (unpaired) electrons. The number of rotatable bonds is 9. The Morgan fingerprint density at radius 2 is 1.98 bits per heavy atom. The van der Waals surface area contributed by atoms with Gasteiger partial charge in [-0.1, -0.05) is 24.0 Å². The molecule has 1 unspecified atom stereocenters. The molecule has 6 nitrogen and oxygen atoms in total. The summed E-state index contributed by atoms with van der Waals surface area (Å²) in [5, 5.41) is 21.2.